The first-order valence-electron chi connectivity index (χ1n) is 8.50. The van der Waals surface area contributed by atoms with Crippen LogP contribution in [0.3, 0.4) is 0 Å². The Hall–Kier alpha value is -1.82. The monoisotopic (exact) mass is 338 g/mol. The summed E-state index contributed by atoms with van der Waals surface area (Å²) < 4.78 is 24.5. The summed E-state index contributed by atoms with van der Waals surface area (Å²) in [5.74, 6) is -0.640. The minimum absolute atomic E-state index is 0.0779. The minimum Gasteiger partial charge on any atom is -0.493 e. The normalized spacial score (nSPS) is 17.0. The van der Waals surface area contributed by atoms with Crippen LogP contribution >= 0.6 is 0 Å². The molecule has 1 N–H and O–H groups in total. The zero-order chi connectivity index (χ0) is 17.5. The Kier molecular flexibility index (Phi) is 6.85. The lowest BCUT2D eigenvalue weighted by Gasteiger charge is -2.25. The lowest BCUT2D eigenvalue weighted by molar-refractivity contribution is 0.0921. The number of carbonyl (C=O) groups is 1. The third-order valence-corrected chi connectivity index (χ3v) is 4.33. The first-order valence-corrected chi connectivity index (χ1v) is 8.50. The molecule has 1 unspecified atom stereocenters. The molecule has 134 valence electrons. The number of rotatable bonds is 6. The number of nitrogens with one attached hydrogen (secondary N) is 1. The van der Waals surface area contributed by atoms with Crippen molar-refractivity contribution in [1.82, 2.24) is 10.2 Å². The van der Waals surface area contributed by atoms with E-state index < -0.39 is 11.7 Å². The predicted octanol–water partition coefficient (Wildman–Crippen LogP) is 2.84. The molecule has 1 aliphatic rings. The van der Waals surface area contributed by atoms with Crippen LogP contribution in [0.2, 0.25) is 0 Å². The standard InChI is InChI=1S/C18H27FN2O3/c1-13(12-21-10-6-4-5-7-11-21)20-18(22)16-14(19)8-9-15(23-2)17(16)24-3/h8-9,13H,4-7,10-12H2,1-3H3,(H,20,22). The largest absolute Gasteiger partial charge is 0.493 e. The first-order chi connectivity index (χ1) is 11.6. The fraction of sp³-hybridized carbons (Fsp3) is 0.611. The number of hydrogen-bond acceptors (Lipinski definition) is 4. The molecular weight excluding hydrogens is 311 g/mol. The lowest BCUT2D eigenvalue weighted by atomic mass is 10.1. The van der Waals surface area contributed by atoms with Gasteiger partial charge in [-0.2, -0.15) is 0 Å². The van der Waals surface area contributed by atoms with Gasteiger partial charge in [-0.15, -0.1) is 0 Å². The number of halogens is 1. The van der Waals surface area contributed by atoms with Crippen molar-refractivity contribution in [3.8, 4) is 11.5 Å². The van der Waals surface area contributed by atoms with Crippen LogP contribution in [0.5, 0.6) is 11.5 Å². The van der Waals surface area contributed by atoms with Crippen molar-refractivity contribution in [1.29, 1.82) is 0 Å². The number of benzene rings is 1. The first kappa shape index (κ1) is 18.5. The zero-order valence-electron chi connectivity index (χ0n) is 14.7. The van der Waals surface area contributed by atoms with Crippen LogP contribution in [0, 0.1) is 5.82 Å². The van der Waals surface area contributed by atoms with E-state index in [1.165, 1.54) is 52.0 Å². The van der Waals surface area contributed by atoms with Gasteiger partial charge in [-0.1, -0.05) is 12.8 Å². The Morgan fingerprint density at radius 2 is 1.88 bits per heavy atom. The van der Waals surface area contributed by atoms with E-state index in [0.717, 1.165) is 19.6 Å². The topological polar surface area (TPSA) is 50.8 Å². The lowest BCUT2D eigenvalue weighted by Crippen LogP contribution is -2.42. The average molecular weight is 338 g/mol. The van der Waals surface area contributed by atoms with E-state index in [0.29, 0.717) is 5.75 Å². The summed E-state index contributed by atoms with van der Waals surface area (Å²) in [6, 6.07) is 2.59. The minimum atomic E-state index is -0.618. The summed E-state index contributed by atoms with van der Waals surface area (Å²) in [4.78, 5) is 14.9. The van der Waals surface area contributed by atoms with E-state index in [9.17, 15) is 9.18 Å². The Balaban J connectivity index is 2.06. The molecule has 1 aliphatic heterocycles. The van der Waals surface area contributed by atoms with Crippen LogP contribution in [0.4, 0.5) is 4.39 Å². The Labute approximate surface area is 143 Å². The maximum atomic E-state index is 14.2. The molecule has 0 radical (unpaired) electrons. The van der Waals surface area contributed by atoms with Gasteiger partial charge in [-0.3, -0.25) is 4.79 Å². The molecule has 0 saturated carbocycles. The highest BCUT2D eigenvalue weighted by atomic mass is 19.1. The summed E-state index contributed by atoms with van der Waals surface area (Å²) in [6.07, 6.45) is 4.92. The van der Waals surface area contributed by atoms with Gasteiger partial charge in [-0.25, -0.2) is 4.39 Å². The second kappa shape index (κ2) is 8.87. The molecule has 1 heterocycles. The van der Waals surface area contributed by atoms with Crippen molar-refractivity contribution in [3.05, 3.63) is 23.5 Å². The number of likely N-dealkylation sites (tertiary alicyclic amines) is 1. The molecule has 0 spiro atoms. The Bertz CT molecular complexity index is 557. The van der Waals surface area contributed by atoms with Crippen molar-refractivity contribution in [3.63, 3.8) is 0 Å². The van der Waals surface area contributed by atoms with Crippen LogP contribution in [-0.4, -0.2) is 50.7 Å². The second-order valence-electron chi connectivity index (χ2n) is 6.25. The van der Waals surface area contributed by atoms with Crippen LogP contribution < -0.4 is 14.8 Å². The van der Waals surface area contributed by atoms with E-state index in [-0.39, 0.29) is 17.4 Å². The Morgan fingerprint density at radius 3 is 2.46 bits per heavy atom. The molecule has 6 heteroatoms. The van der Waals surface area contributed by atoms with Gasteiger partial charge in [0.25, 0.3) is 5.91 Å². The fourth-order valence-corrected chi connectivity index (χ4v) is 3.16. The van der Waals surface area contributed by atoms with Crippen molar-refractivity contribution < 1.29 is 18.7 Å². The molecule has 1 fully saturated rings. The van der Waals surface area contributed by atoms with Gasteiger partial charge >= 0.3 is 0 Å². The molecule has 0 bridgehead atoms. The molecule has 0 aromatic heterocycles. The quantitative estimate of drug-likeness (QED) is 0.867. The number of nitrogens with zero attached hydrogens (tertiary/aromatic N) is 1. The number of amides is 1. The second-order valence-corrected chi connectivity index (χ2v) is 6.25. The summed E-state index contributed by atoms with van der Waals surface area (Å²) in [5, 5.41) is 2.87. The Morgan fingerprint density at radius 1 is 1.21 bits per heavy atom. The summed E-state index contributed by atoms with van der Waals surface area (Å²) in [7, 11) is 2.86. The van der Waals surface area contributed by atoms with Crippen molar-refractivity contribution in [2.24, 2.45) is 0 Å². The fourth-order valence-electron chi connectivity index (χ4n) is 3.16. The highest BCUT2D eigenvalue weighted by Gasteiger charge is 2.23. The van der Waals surface area contributed by atoms with E-state index in [1.807, 2.05) is 6.92 Å². The van der Waals surface area contributed by atoms with Gasteiger partial charge in [0.15, 0.2) is 11.5 Å². The molecule has 1 aromatic rings. The van der Waals surface area contributed by atoms with Crippen molar-refractivity contribution in [2.45, 2.75) is 38.6 Å². The maximum absolute atomic E-state index is 14.2. The summed E-state index contributed by atoms with van der Waals surface area (Å²) >= 11 is 0. The molecule has 1 atom stereocenters. The third kappa shape index (κ3) is 4.60. The van der Waals surface area contributed by atoms with Crippen LogP contribution in [0.25, 0.3) is 0 Å². The van der Waals surface area contributed by atoms with E-state index >= 15 is 0 Å². The molecule has 1 amide bonds. The number of hydrogen-bond donors (Lipinski definition) is 1. The highest BCUT2D eigenvalue weighted by molar-refractivity contribution is 5.98. The molecule has 0 aliphatic carbocycles. The molecule has 1 saturated heterocycles. The zero-order valence-corrected chi connectivity index (χ0v) is 14.7. The molecule has 24 heavy (non-hydrogen) atoms. The van der Waals surface area contributed by atoms with E-state index in [1.54, 1.807) is 0 Å². The van der Waals surface area contributed by atoms with Gasteiger partial charge in [0, 0.05) is 12.6 Å². The smallest absolute Gasteiger partial charge is 0.258 e. The van der Waals surface area contributed by atoms with E-state index in [2.05, 4.69) is 10.2 Å². The molecular formula is C18H27FN2O3. The van der Waals surface area contributed by atoms with Crippen LogP contribution in [-0.2, 0) is 0 Å². The third-order valence-electron chi connectivity index (χ3n) is 4.33. The summed E-state index contributed by atoms with van der Waals surface area (Å²) in [6.45, 7) is 4.81. The molecule has 5 nitrogen and oxygen atoms in total. The highest BCUT2D eigenvalue weighted by Crippen LogP contribution is 2.32. The molecule has 1 aromatic carbocycles. The van der Waals surface area contributed by atoms with Gasteiger partial charge in [0.1, 0.15) is 11.4 Å². The van der Waals surface area contributed by atoms with Crippen LogP contribution in [0.1, 0.15) is 43.0 Å². The van der Waals surface area contributed by atoms with Gasteiger partial charge < -0.3 is 19.7 Å². The number of methoxy groups -OCH3 is 2. The number of carbonyl (C=O) groups excluding carboxylic acids is 1. The van der Waals surface area contributed by atoms with Gasteiger partial charge in [0.05, 0.1) is 14.2 Å². The predicted molar refractivity (Wildman–Crippen MR) is 91.3 cm³/mol. The SMILES string of the molecule is COc1ccc(F)c(C(=O)NC(C)CN2CCCCCC2)c1OC. The molecule has 2 rings (SSSR count). The van der Waals surface area contributed by atoms with E-state index in [4.69, 9.17) is 9.47 Å². The van der Waals surface area contributed by atoms with Gasteiger partial charge in [0.2, 0.25) is 0 Å². The maximum Gasteiger partial charge on any atom is 0.258 e. The average Bonchev–Trinajstić information content (AvgIpc) is 2.82. The summed E-state index contributed by atoms with van der Waals surface area (Å²) in [5.41, 5.74) is -0.112. The number of ether oxygens (including phenoxy) is 2. The van der Waals surface area contributed by atoms with Gasteiger partial charge in [-0.05, 0) is 45.0 Å². The van der Waals surface area contributed by atoms with Crippen molar-refractivity contribution >= 4 is 5.91 Å². The van der Waals surface area contributed by atoms with Crippen molar-refractivity contribution in [2.75, 3.05) is 33.9 Å². The van der Waals surface area contributed by atoms with Crippen LogP contribution in [0.15, 0.2) is 12.1 Å².